The van der Waals surface area contributed by atoms with Gasteiger partial charge in [0, 0.05) is 18.7 Å². The van der Waals surface area contributed by atoms with Crippen LogP contribution >= 0.6 is 0 Å². The lowest BCUT2D eigenvalue weighted by molar-refractivity contribution is 0.391. The fourth-order valence-corrected chi connectivity index (χ4v) is 2.76. The van der Waals surface area contributed by atoms with Crippen molar-refractivity contribution in [2.24, 2.45) is 5.92 Å². The van der Waals surface area contributed by atoms with Gasteiger partial charge in [-0.3, -0.25) is 5.10 Å². The number of H-pyrrole nitrogens is 1. The highest BCUT2D eigenvalue weighted by Gasteiger charge is 2.21. The van der Waals surface area contributed by atoms with Crippen molar-refractivity contribution in [2.45, 2.75) is 12.8 Å². The van der Waals surface area contributed by atoms with Gasteiger partial charge in [0.15, 0.2) is 5.82 Å². The maximum Gasteiger partial charge on any atom is 0.245 e. The molecule has 0 amide bonds. The largest absolute Gasteiger partial charge is 0.340 e. The number of nitrogens with zero attached hydrogens (tertiary/aromatic N) is 3. The Morgan fingerprint density at radius 3 is 2.67 bits per heavy atom. The van der Waals surface area contributed by atoms with E-state index in [1.165, 1.54) is 12.1 Å². The SMILES string of the molecule is CNCC1CCN(c2n[nH]c(-c3ccc(F)cc3)n2)CC1. The first-order chi connectivity index (χ1) is 10.3. The van der Waals surface area contributed by atoms with Gasteiger partial charge in [0.25, 0.3) is 0 Å². The predicted octanol–water partition coefficient (Wildman–Crippen LogP) is 2.05. The highest BCUT2D eigenvalue weighted by atomic mass is 19.1. The molecule has 0 bridgehead atoms. The van der Waals surface area contributed by atoms with Crippen molar-refractivity contribution in [3.8, 4) is 11.4 Å². The molecule has 5 nitrogen and oxygen atoms in total. The van der Waals surface area contributed by atoms with Crippen LogP contribution in [0.3, 0.4) is 0 Å². The summed E-state index contributed by atoms with van der Waals surface area (Å²) in [4.78, 5) is 6.73. The van der Waals surface area contributed by atoms with E-state index in [4.69, 9.17) is 0 Å². The summed E-state index contributed by atoms with van der Waals surface area (Å²) in [5.74, 6) is 1.91. The Morgan fingerprint density at radius 2 is 2.00 bits per heavy atom. The van der Waals surface area contributed by atoms with Gasteiger partial charge in [0.05, 0.1) is 0 Å². The first-order valence-electron chi connectivity index (χ1n) is 7.34. The molecule has 0 saturated carbocycles. The maximum absolute atomic E-state index is 12.9. The van der Waals surface area contributed by atoms with Crippen LogP contribution < -0.4 is 10.2 Å². The predicted molar refractivity (Wildman–Crippen MR) is 80.6 cm³/mol. The molecule has 0 atom stereocenters. The molecule has 0 unspecified atom stereocenters. The monoisotopic (exact) mass is 289 g/mol. The minimum atomic E-state index is -0.245. The second-order valence-electron chi connectivity index (χ2n) is 5.48. The molecule has 21 heavy (non-hydrogen) atoms. The van der Waals surface area contributed by atoms with E-state index < -0.39 is 0 Å². The third-order valence-corrected chi connectivity index (χ3v) is 3.98. The van der Waals surface area contributed by atoms with Gasteiger partial charge >= 0.3 is 0 Å². The Balaban J connectivity index is 1.67. The van der Waals surface area contributed by atoms with Crippen LogP contribution in [0.2, 0.25) is 0 Å². The van der Waals surface area contributed by atoms with Gasteiger partial charge in [-0.05, 0) is 56.6 Å². The highest BCUT2D eigenvalue weighted by Crippen LogP contribution is 2.22. The van der Waals surface area contributed by atoms with E-state index in [0.717, 1.165) is 49.9 Å². The molecule has 0 aliphatic carbocycles. The van der Waals surface area contributed by atoms with E-state index in [1.807, 2.05) is 7.05 Å². The summed E-state index contributed by atoms with van der Waals surface area (Å²) in [6, 6.07) is 6.28. The second-order valence-corrected chi connectivity index (χ2v) is 5.48. The number of piperidine rings is 1. The lowest BCUT2D eigenvalue weighted by Crippen LogP contribution is -2.37. The molecule has 1 aliphatic heterocycles. The van der Waals surface area contributed by atoms with E-state index in [2.05, 4.69) is 25.4 Å². The molecule has 1 aliphatic rings. The zero-order chi connectivity index (χ0) is 14.7. The summed E-state index contributed by atoms with van der Waals surface area (Å²) in [6.45, 7) is 3.03. The molecule has 0 radical (unpaired) electrons. The molecule has 112 valence electrons. The van der Waals surface area contributed by atoms with Gasteiger partial charge in [0.1, 0.15) is 5.82 Å². The van der Waals surface area contributed by atoms with Gasteiger partial charge < -0.3 is 10.2 Å². The Morgan fingerprint density at radius 1 is 1.29 bits per heavy atom. The van der Waals surface area contributed by atoms with E-state index in [9.17, 15) is 4.39 Å². The fraction of sp³-hybridized carbons (Fsp3) is 0.467. The number of nitrogens with one attached hydrogen (secondary N) is 2. The molecular weight excluding hydrogens is 269 g/mol. The summed E-state index contributed by atoms with van der Waals surface area (Å²) in [5.41, 5.74) is 0.847. The van der Waals surface area contributed by atoms with E-state index >= 15 is 0 Å². The van der Waals surface area contributed by atoms with Gasteiger partial charge in [-0.1, -0.05) is 0 Å². The minimum Gasteiger partial charge on any atom is -0.340 e. The average molecular weight is 289 g/mol. The number of rotatable bonds is 4. The molecule has 1 aromatic heterocycles. The molecule has 0 spiro atoms. The zero-order valence-corrected chi connectivity index (χ0v) is 12.1. The molecule has 1 fully saturated rings. The molecule has 2 heterocycles. The maximum atomic E-state index is 12.9. The van der Waals surface area contributed by atoms with Crippen LogP contribution in [0.5, 0.6) is 0 Å². The molecule has 2 N–H and O–H groups in total. The molecule has 6 heteroatoms. The summed E-state index contributed by atoms with van der Waals surface area (Å²) in [7, 11) is 2.00. The van der Waals surface area contributed by atoms with Crippen LogP contribution in [0, 0.1) is 11.7 Å². The number of aromatic nitrogens is 3. The van der Waals surface area contributed by atoms with Crippen LogP contribution in [0.1, 0.15) is 12.8 Å². The van der Waals surface area contributed by atoms with Crippen LogP contribution in [0.4, 0.5) is 10.3 Å². The third-order valence-electron chi connectivity index (χ3n) is 3.98. The standard InChI is InChI=1S/C15H20FN5/c1-17-10-11-6-8-21(9-7-11)15-18-14(19-20-15)12-2-4-13(16)5-3-12/h2-5,11,17H,6-10H2,1H3,(H,18,19,20). The number of anilines is 1. The first-order valence-corrected chi connectivity index (χ1v) is 7.34. The Kier molecular flexibility index (Phi) is 4.15. The fourth-order valence-electron chi connectivity index (χ4n) is 2.76. The van der Waals surface area contributed by atoms with Crippen molar-refractivity contribution in [1.82, 2.24) is 20.5 Å². The molecule has 2 aromatic rings. The smallest absolute Gasteiger partial charge is 0.245 e. The lowest BCUT2D eigenvalue weighted by Gasteiger charge is -2.30. The average Bonchev–Trinajstić information content (AvgIpc) is 2.99. The molecule has 3 rings (SSSR count). The van der Waals surface area contributed by atoms with Crippen molar-refractivity contribution in [3.63, 3.8) is 0 Å². The third kappa shape index (κ3) is 3.21. The summed E-state index contributed by atoms with van der Waals surface area (Å²) < 4.78 is 12.9. The van der Waals surface area contributed by atoms with E-state index in [1.54, 1.807) is 12.1 Å². The Hall–Kier alpha value is -1.95. The van der Waals surface area contributed by atoms with Crippen LogP contribution in [-0.2, 0) is 0 Å². The first kappa shape index (κ1) is 14.0. The van der Waals surface area contributed by atoms with Crippen LogP contribution in [-0.4, -0.2) is 41.9 Å². The number of aromatic amines is 1. The summed E-state index contributed by atoms with van der Waals surface area (Å²) >= 11 is 0. The van der Waals surface area contributed by atoms with E-state index in [-0.39, 0.29) is 5.82 Å². The molecule has 1 saturated heterocycles. The van der Waals surface area contributed by atoms with Gasteiger partial charge in [-0.2, -0.15) is 4.98 Å². The number of benzene rings is 1. The Labute approximate surface area is 123 Å². The zero-order valence-electron chi connectivity index (χ0n) is 12.1. The van der Waals surface area contributed by atoms with Crippen molar-refractivity contribution in [2.75, 3.05) is 31.6 Å². The normalized spacial score (nSPS) is 16.4. The lowest BCUT2D eigenvalue weighted by atomic mass is 9.97. The quantitative estimate of drug-likeness (QED) is 0.904. The van der Waals surface area contributed by atoms with Gasteiger partial charge in [-0.25, -0.2) is 4.39 Å². The minimum absolute atomic E-state index is 0.245. The molecular formula is C15H20FN5. The van der Waals surface area contributed by atoms with Crippen LogP contribution in [0.25, 0.3) is 11.4 Å². The highest BCUT2D eigenvalue weighted by molar-refractivity contribution is 5.56. The van der Waals surface area contributed by atoms with E-state index in [0.29, 0.717) is 5.82 Å². The summed E-state index contributed by atoms with van der Waals surface area (Å²) in [6.07, 6.45) is 2.31. The van der Waals surface area contributed by atoms with Crippen molar-refractivity contribution in [1.29, 1.82) is 0 Å². The number of halogens is 1. The van der Waals surface area contributed by atoms with Gasteiger partial charge in [0.2, 0.25) is 5.95 Å². The van der Waals surface area contributed by atoms with Crippen LogP contribution in [0.15, 0.2) is 24.3 Å². The van der Waals surface area contributed by atoms with Crippen molar-refractivity contribution in [3.05, 3.63) is 30.1 Å². The second kappa shape index (κ2) is 6.22. The number of hydrogen-bond acceptors (Lipinski definition) is 4. The Bertz CT molecular complexity index is 572. The van der Waals surface area contributed by atoms with Gasteiger partial charge in [-0.15, -0.1) is 5.10 Å². The number of hydrogen-bond donors (Lipinski definition) is 2. The molecule has 1 aromatic carbocycles. The topological polar surface area (TPSA) is 56.8 Å². The van der Waals surface area contributed by atoms with Crippen molar-refractivity contribution < 1.29 is 4.39 Å². The summed E-state index contributed by atoms with van der Waals surface area (Å²) in [5, 5.41) is 10.5. The van der Waals surface area contributed by atoms with Crippen molar-refractivity contribution >= 4 is 5.95 Å².